The number of aromatic nitrogens is 1. The van der Waals surface area contributed by atoms with Gasteiger partial charge in [0.25, 0.3) is 10.0 Å². The summed E-state index contributed by atoms with van der Waals surface area (Å²) in [5, 5.41) is 8.35. The number of rotatable bonds is 4. The number of hydrogen-bond acceptors (Lipinski definition) is 4. The highest BCUT2D eigenvalue weighted by atomic mass is 35.5. The van der Waals surface area contributed by atoms with Crippen LogP contribution >= 0.6 is 11.6 Å². The molecule has 0 radical (unpaired) electrons. The zero-order valence-corrected chi connectivity index (χ0v) is 11.8. The fraction of sp³-hybridized carbons (Fsp3) is 0. The van der Waals surface area contributed by atoms with E-state index < -0.39 is 26.8 Å². The zero-order chi connectivity index (χ0) is 15.6. The number of carboxylic acid groups (broad SMARTS) is 1. The molecule has 21 heavy (non-hydrogen) atoms. The largest absolute Gasteiger partial charge is 0.478 e. The molecule has 0 saturated heterocycles. The van der Waals surface area contributed by atoms with E-state index >= 15 is 0 Å². The van der Waals surface area contributed by atoms with Gasteiger partial charge in [0.1, 0.15) is 5.82 Å². The second-order valence-electron chi connectivity index (χ2n) is 3.95. The number of benzene rings is 1. The molecule has 0 bridgehead atoms. The van der Waals surface area contributed by atoms with E-state index in [0.29, 0.717) is 0 Å². The van der Waals surface area contributed by atoms with Crippen LogP contribution in [0.2, 0.25) is 5.02 Å². The molecule has 0 fully saturated rings. The van der Waals surface area contributed by atoms with Crippen molar-refractivity contribution in [1.82, 2.24) is 4.98 Å². The van der Waals surface area contributed by atoms with Crippen LogP contribution in [0, 0.1) is 5.82 Å². The SMILES string of the molecule is O=C(O)c1ccc(S(=O)(=O)Nc2cc(F)cc(Cl)c2)nc1. The molecule has 9 heteroatoms. The summed E-state index contributed by atoms with van der Waals surface area (Å²) in [7, 11) is -4.07. The predicted molar refractivity (Wildman–Crippen MR) is 73.4 cm³/mol. The summed E-state index contributed by atoms with van der Waals surface area (Å²) >= 11 is 5.62. The van der Waals surface area contributed by atoms with E-state index in [4.69, 9.17) is 16.7 Å². The first kappa shape index (κ1) is 15.2. The van der Waals surface area contributed by atoms with Crippen molar-refractivity contribution in [3.63, 3.8) is 0 Å². The zero-order valence-electron chi connectivity index (χ0n) is 10.2. The molecule has 0 saturated carbocycles. The molecule has 0 aliphatic rings. The summed E-state index contributed by atoms with van der Waals surface area (Å²) in [5.41, 5.74) is -0.216. The molecule has 2 rings (SSSR count). The maximum absolute atomic E-state index is 13.1. The number of carbonyl (C=O) groups is 1. The van der Waals surface area contributed by atoms with Crippen LogP contribution in [0.1, 0.15) is 10.4 Å². The molecule has 6 nitrogen and oxygen atoms in total. The molecule has 0 aliphatic heterocycles. The van der Waals surface area contributed by atoms with Crippen LogP contribution < -0.4 is 4.72 Å². The van der Waals surface area contributed by atoms with Crippen LogP contribution in [0.3, 0.4) is 0 Å². The molecule has 0 atom stereocenters. The minimum absolute atomic E-state index is 0.0295. The Morgan fingerprint density at radius 1 is 1.29 bits per heavy atom. The van der Waals surface area contributed by atoms with Crippen LogP contribution in [0.25, 0.3) is 0 Å². The summed E-state index contributed by atoms with van der Waals surface area (Å²) in [6.45, 7) is 0. The van der Waals surface area contributed by atoms with Crippen LogP contribution in [-0.4, -0.2) is 24.5 Å². The van der Waals surface area contributed by atoms with E-state index in [1.54, 1.807) is 0 Å². The maximum atomic E-state index is 13.1. The molecule has 110 valence electrons. The Bertz CT molecular complexity index is 773. The van der Waals surface area contributed by atoms with Crippen molar-refractivity contribution < 1.29 is 22.7 Å². The van der Waals surface area contributed by atoms with Crippen molar-refractivity contribution >= 4 is 33.3 Å². The van der Waals surface area contributed by atoms with Gasteiger partial charge in [-0.05, 0) is 30.3 Å². The summed E-state index contributed by atoms with van der Waals surface area (Å²) in [4.78, 5) is 14.2. The molecule has 2 aromatic rings. The molecular weight excluding hydrogens is 323 g/mol. The van der Waals surface area contributed by atoms with Gasteiger partial charge in [0.15, 0.2) is 5.03 Å². The van der Waals surface area contributed by atoms with Crippen molar-refractivity contribution in [1.29, 1.82) is 0 Å². The van der Waals surface area contributed by atoms with Crippen LogP contribution in [0.15, 0.2) is 41.6 Å². The van der Waals surface area contributed by atoms with Crippen molar-refractivity contribution in [2.45, 2.75) is 5.03 Å². The van der Waals surface area contributed by atoms with Gasteiger partial charge >= 0.3 is 5.97 Å². The third-order valence-corrected chi connectivity index (χ3v) is 3.89. The average molecular weight is 331 g/mol. The van der Waals surface area contributed by atoms with E-state index in [0.717, 1.165) is 30.5 Å². The van der Waals surface area contributed by atoms with E-state index in [2.05, 4.69) is 9.71 Å². The number of nitrogens with one attached hydrogen (secondary N) is 1. The van der Waals surface area contributed by atoms with Crippen molar-refractivity contribution in [3.05, 3.63) is 52.9 Å². The fourth-order valence-electron chi connectivity index (χ4n) is 1.49. The van der Waals surface area contributed by atoms with Gasteiger partial charge in [0.2, 0.25) is 0 Å². The van der Waals surface area contributed by atoms with E-state index in [-0.39, 0.29) is 16.3 Å². The predicted octanol–water partition coefficient (Wildman–Crippen LogP) is 2.37. The Labute approximate surface area is 124 Å². The smallest absolute Gasteiger partial charge is 0.337 e. The fourth-order valence-corrected chi connectivity index (χ4v) is 2.68. The van der Waals surface area contributed by atoms with Gasteiger partial charge in [-0.3, -0.25) is 4.72 Å². The lowest BCUT2D eigenvalue weighted by Crippen LogP contribution is -2.15. The molecule has 1 heterocycles. The Balaban J connectivity index is 2.31. The van der Waals surface area contributed by atoms with Crippen molar-refractivity contribution in [2.24, 2.45) is 0 Å². The lowest BCUT2D eigenvalue weighted by Gasteiger charge is -2.08. The topological polar surface area (TPSA) is 96.4 Å². The Morgan fingerprint density at radius 2 is 2.00 bits per heavy atom. The first-order valence-electron chi connectivity index (χ1n) is 5.46. The maximum Gasteiger partial charge on any atom is 0.337 e. The highest BCUT2D eigenvalue weighted by Gasteiger charge is 2.17. The summed E-state index contributed by atoms with van der Waals surface area (Å²) < 4.78 is 39.3. The van der Waals surface area contributed by atoms with Gasteiger partial charge in [0.05, 0.1) is 11.3 Å². The Hall–Kier alpha value is -2.19. The van der Waals surface area contributed by atoms with Crippen molar-refractivity contribution in [3.8, 4) is 0 Å². The number of hydrogen-bond donors (Lipinski definition) is 2. The first-order valence-corrected chi connectivity index (χ1v) is 7.32. The number of halogens is 2. The number of aromatic carboxylic acids is 1. The number of sulfonamides is 1. The van der Waals surface area contributed by atoms with Gasteiger partial charge in [-0.2, -0.15) is 8.42 Å². The molecule has 0 spiro atoms. The second kappa shape index (κ2) is 5.66. The number of carboxylic acids is 1. The van der Waals surface area contributed by atoms with E-state index in [9.17, 15) is 17.6 Å². The summed E-state index contributed by atoms with van der Waals surface area (Å²) in [6, 6.07) is 5.34. The summed E-state index contributed by atoms with van der Waals surface area (Å²) in [5.74, 6) is -1.93. The van der Waals surface area contributed by atoms with Gasteiger partial charge in [-0.15, -0.1) is 0 Å². The molecule has 2 N–H and O–H groups in total. The monoisotopic (exact) mass is 330 g/mol. The van der Waals surface area contributed by atoms with Crippen LogP contribution in [0.4, 0.5) is 10.1 Å². The molecular formula is C12H8ClFN2O4S. The Morgan fingerprint density at radius 3 is 2.52 bits per heavy atom. The van der Waals surface area contributed by atoms with Crippen LogP contribution in [-0.2, 0) is 10.0 Å². The quantitative estimate of drug-likeness (QED) is 0.897. The first-order chi connectivity index (χ1) is 9.78. The molecule has 0 amide bonds. The van der Waals surface area contributed by atoms with Gasteiger partial charge in [-0.1, -0.05) is 11.6 Å². The highest BCUT2D eigenvalue weighted by Crippen LogP contribution is 2.20. The normalized spacial score (nSPS) is 11.1. The second-order valence-corrected chi connectivity index (χ2v) is 6.02. The van der Waals surface area contributed by atoms with Crippen molar-refractivity contribution in [2.75, 3.05) is 4.72 Å². The molecule has 0 aliphatic carbocycles. The number of nitrogens with zero attached hydrogens (tertiary/aromatic N) is 1. The van der Waals surface area contributed by atoms with Crippen LogP contribution in [0.5, 0.6) is 0 Å². The highest BCUT2D eigenvalue weighted by molar-refractivity contribution is 7.92. The van der Waals surface area contributed by atoms with E-state index in [1.165, 1.54) is 6.07 Å². The minimum Gasteiger partial charge on any atom is -0.478 e. The number of anilines is 1. The van der Waals surface area contributed by atoms with Gasteiger partial charge in [0, 0.05) is 11.2 Å². The third kappa shape index (κ3) is 3.67. The average Bonchev–Trinajstić information content (AvgIpc) is 2.37. The standard InChI is InChI=1S/C12H8ClFN2O4S/c13-8-3-9(14)5-10(4-8)16-21(19,20)11-2-1-7(6-15-11)12(17)18/h1-6,16H,(H,17,18). The molecule has 1 aromatic heterocycles. The van der Waals surface area contributed by atoms with Gasteiger partial charge < -0.3 is 5.11 Å². The minimum atomic E-state index is -4.07. The molecule has 1 aromatic carbocycles. The third-order valence-electron chi connectivity index (χ3n) is 2.37. The Kier molecular flexibility index (Phi) is 4.10. The molecule has 0 unspecified atom stereocenters. The number of pyridine rings is 1. The van der Waals surface area contributed by atoms with E-state index in [1.807, 2.05) is 0 Å². The summed E-state index contributed by atoms with van der Waals surface area (Å²) in [6.07, 6.45) is 0.912. The van der Waals surface area contributed by atoms with Gasteiger partial charge in [-0.25, -0.2) is 14.2 Å². The lowest BCUT2D eigenvalue weighted by molar-refractivity contribution is 0.0696. The lowest BCUT2D eigenvalue weighted by atomic mass is 10.3.